The second kappa shape index (κ2) is 6.52. The number of pyridine rings is 1. The average Bonchev–Trinajstić information content (AvgIpc) is 3.33. The van der Waals surface area contributed by atoms with Crippen molar-refractivity contribution < 1.29 is 0 Å². The van der Waals surface area contributed by atoms with Gasteiger partial charge in [-0.15, -0.1) is 11.3 Å². The van der Waals surface area contributed by atoms with E-state index in [0.717, 1.165) is 37.6 Å². The average molecular weight is 325 g/mol. The number of thiophene rings is 1. The zero-order valence-corrected chi connectivity index (χ0v) is 13.6. The molecular formula is C17H19N5S. The summed E-state index contributed by atoms with van der Waals surface area (Å²) < 4.78 is 0. The first-order valence-corrected chi connectivity index (χ1v) is 8.73. The Bertz CT molecular complexity index is 737. The van der Waals surface area contributed by atoms with E-state index >= 15 is 0 Å². The Morgan fingerprint density at radius 2 is 2.30 bits per heavy atom. The van der Waals surface area contributed by atoms with E-state index in [1.165, 1.54) is 10.4 Å². The predicted molar refractivity (Wildman–Crippen MR) is 93.6 cm³/mol. The molecule has 1 aliphatic rings. The highest BCUT2D eigenvalue weighted by atomic mass is 32.1. The second-order valence-electron chi connectivity index (χ2n) is 5.75. The van der Waals surface area contributed by atoms with Gasteiger partial charge in [0.25, 0.3) is 0 Å². The van der Waals surface area contributed by atoms with Crippen molar-refractivity contribution in [3.63, 3.8) is 0 Å². The standard InChI is InChI=1S/C17H19N5S/c1-2-7-18-16(5-1)22-8-6-14(12-22)19-10-13-11-20-21-17(13)15-4-3-9-23-15/h1-5,7,9,11,14,19H,6,8,10,12H2,(H,20,21)/t14-/m0/s1. The lowest BCUT2D eigenvalue weighted by atomic mass is 10.2. The lowest BCUT2D eigenvalue weighted by molar-refractivity contribution is 0.552. The maximum absolute atomic E-state index is 4.44. The van der Waals surface area contributed by atoms with Gasteiger partial charge in [-0.2, -0.15) is 5.10 Å². The first kappa shape index (κ1) is 14.4. The van der Waals surface area contributed by atoms with Gasteiger partial charge in [0.05, 0.1) is 16.8 Å². The van der Waals surface area contributed by atoms with Crippen LogP contribution in [0.1, 0.15) is 12.0 Å². The van der Waals surface area contributed by atoms with Crippen molar-refractivity contribution in [2.24, 2.45) is 0 Å². The molecule has 3 aromatic heterocycles. The number of aromatic amines is 1. The summed E-state index contributed by atoms with van der Waals surface area (Å²) in [5.74, 6) is 1.07. The van der Waals surface area contributed by atoms with Crippen LogP contribution in [0.5, 0.6) is 0 Å². The fraction of sp³-hybridized carbons (Fsp3) is 0.294. The molecule has 4 heterocycles. The molecule has 0 aromatic carbocycles. The third-order valence-electron chi connectivity index (χ3n) is 4.23. The molecule has 2 N–H and O–H groups in total. The molecule has 0 spiro atoms. The third kappa shape index (κ3) is 3.13. The van der Waals surface area contributed by atoms with Crippen LogP contribution < -0.4 is 10.2 Å². The zero-order valence-electron chi connectivity index (χ0n) is 12.8. The number of nitrogens with zero attached hydrogens (tertiary/aromatic N) is 3. The van der Waals surface area contributed by atoms with Crippen LogP contribution in [0.3, 0.4) is 0 Å². The first-order valence-electron chi connectivity index (χ1n) is 7.85. The van der Waals surface area contributed by atoms with Crippen molar-refractivity contribution in [2.45, 2.75) is 19.0 Å². The highest BCUT2D eigenvalue weighted by molar-refractivity contribution is 7.13. The van der Waals surface area contributed by atoms with Gasteiger partial charge in [-0.05, 0) is 30.0 Å². The number of anilines is 1. The molecule has 0 bridgehead atoms. The van der Waals surface area contributed by atoms with Crippen molar-refractivity contribution in [1.82, 2.24) is 20.5 Å². The summed E-state index contributed by atoms with van der Waals surface area (Å²) in [5.41, 5.74) is 2.36. The molecule has 1 atom stereocenters. The van der Waals surface area contributed by atoms with Gasteiger partial charge in [0.1, 0.15) is 5.82 Å². The maximum atomic E-state index is 4.44. The van der Waals surface area contributed by atoms with Crippen molar-refractivity contribution >= 4 is 17.2 Å². The lowest BCUT2D eigenvalue weighted by Gasteiger charge is -2.17. The molecule has 3 aromatic rings. The highest BCUT2D eigenvalue weighted by Crippen LogP contribution is 2.26. The molecule has 0 amide bonds. The predicted octanol–water partition coefficient (Wildman–Crippen LogP) is 2.90. The molecule has 23 heavy (non-hydrogen) atoms. The van der Waals surface area contributed by atoms with Crippen LogP contribution >= 0.6 is 11.3 Å². The highest BCUT2D eigenvalue weighted by Gasteiger charge is 2.23. The molecule has 1 aliphatic heterocycles. The molecule has 5 nitrogen and oxygen atoms in total. The number of nitrogens with one attached hydrogen (secondary N) is 2. The largest absolute Gasteiger partial charge is 0.355 e. The van der Waals surface area contributed by atoms with Crippen molar-refractivity contribution in [2.75, 3.05) is 18.0 Å². The van der Waals surface area contributed by atoms with Crippen LogP contribution in [0, 0.1) is 0 Å². The number of hydrogen-bond acceptors (Lipinski definition) is 5. The zero-order chi connectivity index (χ0) is 15.5. The van der Waals surface area contributed by atoms with E-state index in [0.29, 0.717) is 6.04 Å². The number of rotatable bonds is 5. The first-order chi connectivity index (χ1) is 11.4. The van der Waals surface area contributed by atoms with Gasteiger partial charge in [-0.3, -0.25) is 5.10 Å². The number of hydrogen-bond donors (Lipinski definition) is 2. The molecule has 4 rings (SSSR count). The molecule has 0 aliphatic carbocycles. The van der Waals surface area contributed by atoms with Crippen molar-refractivity contribution in [3.05, 3.63) is 53.7 Å². The normalized spacial score (nSPS) is 17.7. The Morgan fingerprint density at radius 3 is 3.13 bits per heavy atom. The van der Waals surface area contributed by atoms with Gasteiger partial charge >= 0.3 is 0 Å². The van der Waals surface area contributed by atoms with Gasteiger partial charge < -0.3 is 10.2 Å². The summed E-state index contributed by atoms with van der Waals surface area (Å²) in [5, 5.41) is 13.1. The summed E-state index contributed by atoms with van der Waals surface area (Å²) in [6, 6.07) is 10.8. The van der Waals surface area contributed by atoms with Gasteiger partial charge in [0.2, 0.25) is 0 Å². The maximum Gasteiger partial charge on any atom is 0.128 e. The second-order valence-corrected chi connectivity index (χ2v) is 6.70. The van der Waals surface area contributed by atoms with E-state index in [-0.39, 0.29) is 0 Å². The Balaban J connectivity index is 1.37. The molecule has 0 saturated carbocycles. The Labute approximate surface area is 139 Å². The Kier molecular flexibility index (Phi) is 4.08. The quantitative estimate of drug-likeness (QED) is 0.757. The van der Waals surface area contributed by atoms with E-state index in [1.54, 1.807) is 11.3 Å². The molecule has 1 fully saturated rings. The van der Waals surface area contributed by atoms with Gasteiger partial charge in [0.15, 0.2) is 0 Å². The van der Waals surface area contributed by atoms with Crippen molar-refractivity contribution in [3.8, 4) is 10.6 Å². The van der Waals surface area contributed by atoms with Gasteiger partial charge in [0, 0.05) is 37.4 Å². The van der Waals surface area contributed by atoms with Crippen LogP contribution in [-0.2, 0) is 6.54 Å². The summed E-state index contributed by atoms with van der Waals surface area (Å²) in [6.45, 7) is 2.89. The third-order valence-corrected chi connectivity index (χ3v) is 5.12. The number of aromatic nitrogens is 3. The van der Waals surface area contributed by atoms with Crippen LogP contribution in [0.2, 0.25) is 0 Å². The SMILES string of the molecule is c1ccc(N2CC[C@H](NCc3cn[nH]c3-c3cccs3)C2)nc1. The summed E-state index contributed by atoms with van der Waals surface area (Å²) >= 11 is 1.74. The van der Waals surface area contributed by atoms with E-state index in [1.807, 2.05) is 24.5 Å². The lowest BCUT2D eigenvalue weighted by Crippen LogP contribution is -2.32. The van der Waals surface area contributed by atoms with Crippen LogP contribution in [0.25, 0.3) is 10.6 Å². The minimum atomic E-state index is 0.489. The van der Waals surface area contributed by atoms with Gasteiger partial charge in [-0.1, -0.05) is 12.1 Å². The van der Waals surface area contributed by atoms with Crippen LogP contribution in [0.4, 0.5) is 5.82 Å². The Hall–Kier alpha value is -2.18. The van der Waals surface area contributed by atoms with Crippen molar-refractivity contribution in [1.29, 1.82) is 0 Å². The minimum Gasteiger partial charge on any atom is -0.355 e. The molecule has 1 saturated heterocycles. The van der Waals surface area contributed by atoms with Crippen LogP contribution in [-0.4, -0.2) is 34.3 Å². The van der Waals surface area contributed by atoms with E-state index in [9.17, 15) is 0 Å². The van der Waals surface area contributed by atoms with E-state index in [4.69, 9.17) is 0 Å². The smallest absolute Gasteiger partial charge is 0.128 e. The fourth-order valence-corrected chi connectivity index (χ4v) is 3.76. The monoisotopic (exact) mass is 325 g/mol. The molecule has 0 unspecified atom stereocenters. The topological polar surface area (TPSA) is 56.8 Å². The Morgan fingerprint density at radius 1 is 1.30 bits per heavy atom. The van der Waals surface area contributed by atoms with Gasteiger partial charge in [-0.25, -0.2) is 4.98 Å². The summed E-state index contributed by atoms with van der Waals surface area (Å²) in [7, 11) is 0. The molecule has 118 valence electrons. The minimum absolute atomic E-state index is 0.489. The molecular weight excluding hydrogens is 306 g/mol. The fourth-order valence-electron chi connectivity index (χ4n) is 3.01. The van der Waals surface area contributed by atoms with E-state index < -0.39 is 0 Å². The molecule has 0 radical (unpaired) electrons. The van der Waals surface area contributed by atoms with Crippen LogP contribution in [0.15, 0.2) is 48.1 Å². The summed E-state index contributed by atoms with van der Waals surface area (Å²) in [6.07, 6.45) is 4.92. The van der Waals surface area contributed by atoms with E-state index in [2.05, 4.69) is 49.0 Å². The number of H-pyrrole nitrogens is 1. The summed E-state index contributed by atoms with van der Waals surface area (Å²) in [4.78, 5) is 8.01. The molecule has 6 heteroatoms.